The average Bonchev–Trinajstić information content (AvgIpc) is 2.87. The third kappa shape index (κ3) is 8.06. The molecule has 8 nitrogen and oxygen atoms in total. The highest BCUT2D eigenvalue weighted by molar-refractivity contribution is 9.10. The Morgan fingerprint density at radius 1 is 0.829 bits per heavy atom. The van der Waals surface area contributed by atoms with E-state index in [9.17, 15) is 9.59 Å². The zero-order chi connectivity index (χ0) is 25.0. The number of halogens is 1. The van der Waals surface area contributed by atoms with Crippen molar-refractivity contribution in [2.45, 2.75) is 6.61 Å². The molecule has 0 spiro atoms. The number of hydrazine groups is 1. The number of rotatable bonds is 9. The van der Waals surface area contributed by atoms with Crippen molar-refractivity contribution in [3.05, 3.63) is 94.0 Å². The van der Waals surface area contributed by atoms with E-state index in [1.807, 2.05) is 30.3 Å². The molecule has 3 rings (SSSR count). The number of para-hydroxylation sites is 1. The van der Waals surface area contributed by atoms with Crippen LogP contribution >= 0.6 is 28.1 Å². The lowest BCUT2D eigenvalue weighted by Gasteiger charge is -2.15. The number of carbonyl (C=O) groups is 2. The van der Waals surface area contributed by atoms with Gasteiger partial charge in [-0.05, 0) is 48.1 Å². The van der Waals surface area contributed by atoms with E-state index >= 15 is 0 Å². The molecule has 35 heavy (non-hydrogen) atoms. The molecule has 0 bridgehead atoms. The van der Waals surface area contributed by atoms with Gasteiger partial charge in [-0.2, -0.15) is 0 Å². The van der Waals surface area contributed by atoms with Crippen LogP contribution in [0.5, 0.6) is 11.5 Å². The van der Waals surface area contributed by atoms with Crippen molar-refractivity contribution >= 4 is 45.1 Å². The maximum Gasteiger partial charge on any atom is 0.273 e. The minimum absolute atomic E-state index is 0.0890. The first-order valence-electron chi connectivity index (χ1n) is 10.6. The smallest absolute Gasteiger partial charge is 0.273 e. The third-order valence-corrected chi connectivity index (χ3v) is 5.31. The zero-order valence-electron chi connectivity index (χ0n) is 18.9. The lowest BCUT2D eigenvalue weighted by atomic mass is 10.2. The predicted molar refractivity (Wildman–Crippen MR) is 139 cm³/mol. The summed E-state index contributed by atoms with van der Waals surface area (Å²) in [5, 5.41) is 2.44. The molecule has 0 radical (unpaired) electrons. The van der Waals surface area contributed by atoms with Gasteiger partial charge in [-0.3, -0.25) is 25.8 Å². The Labute approximate surface area is 217 Å². The lowest BCUT2D eigenvalue weighted by Crippen LogP contribution is -2.48. The third-order valence-electron chi connectivity index (χ3n) is 4.62. The number of hydrogen-bond donors (Lipinski definition) is 3. The highest BCUT2D eigenvalue weighted by Crippen LogP contribution is 2.23. The van der Waals surface area contributed by atoms with Crippen molar-refractivity contribution in [3.63, 3.8) is 0 Å². The van der Waals surface area contributed by atoms with Crippen LogP contribution in [0.25, 0.3) is 0 Å². The number of carbonyl (C=O) groups excluding carboxylic acids is 2. The van der Waals surface area contributed by atoms with E-state index in [-0.39, 0.29) is 17.3 Å². The van der Waals surface area contributed by atoms with Crippen LogP contribution in [0.4, 0.5) is 0 Å². The summed E-state index contributed by atoms with van der Waals surface area (Å²) in [4.78, 5) is 25.5. The molecule has 0 atom stereocenters. The monoisotopic (exact) mass is 557 g/mol. The SMILES string of the molecule is COCCOc1ccc(Br)cc1C(=O)NC(=S)NNC(=O)c1ccccc1OCc1ccccc1. The minimum Gasteiger partial charge on any atom is -0.490 e. The number of thiocarbonyl (C=S) groups is 1. The van der Waals surface area contributed by atoms with Crippen LogP contribution in [0.15, 0.2) is 77.3 Å². The second kappa shape index (κ2) is 13.4. The van der Waals surface area contributed by atoms with Gasteiger partial charge in [-0.1, -0.05) is 58.4 Å². The second-order valence-corrected chi connectivity index (χ2v) is 8.44. The van der Waals surface area contributed by atoms with Crippen molar-refractivity contribution in [3.8, 4) is 11.5 Å². The van der Waals surface area contributed by atoms with Crippen LogP contribution in [0, 0.1) is 0 Å². The number of benzene rings is 3. The van der Waals surface area contributed by atoms with Crippen molar-refractivity contribution in [1.29, 1.82) is 0 Å². The molecule has 3 aromatic rings. The molecule has 0 aliphatic carbocycles. The van der Waals surface area contributed by atoms with Gasteiger partial charge >= 0.3 is 0 Å². The Kier molecular flexibility index (Phi) is 10.0. The van der Waals surface area contributed by atoms with Gasteiger partial charge in [-0.15, -0.1) is 0 Å². The quantitative estimate of drug-likeness (QED) is 0.208. The van der Waals surface area contributed by atoms with Crippen LogP contribution < -0.4 is 25.6 Å². The summed E-state index contributed by atoms with van der Waals surface area (Å²) in [7, 11) is 1.56. The summed E-state index contributed by atoms with van der Waals surface area (Å²) >= 11 is 8.51. The van der Waals surface area contributed by atoms with Gasteiger partial charge in [0.1, 0.15) is 24.7 Å². The molecule has 182 valence electrons. The van der Waals surface area contributed by atoms with Gasteiger partial charge in [0.05, 0.1) is 17.7 Å². The number of amides is 2. The minimum atomic E-state index is -0.503. The zero-order valence-corrected chi connectivity index (χ0v) is 21.3. The van der Waals surface area contributed by atoms with Crippen LogP contribution in [0.3, 0.4) is 0 Å². The molecular formula is C25H24BrN3O5S. The van der Waals surface area contributed by atoms with Crippen molar-refractivity contribution in [1.82, 2.24) is 16.2 Å². The molecule has 3 N–H and O–H groups in total. The fourth-order valence-electron chi connectivity index (χ4n) is 2.94. The fourth-order valence-corrected chi connectivity index (χ4v) is 3.44. The molecule has 2 amide bonds. The highest BCUT2D eigenvalue weighted by atomic mass is 79.9. The molecule has 0 saturated carbocycles. The number of nitrogens with one attached hydrogen (secondary N) is 3. The first-order valence-corrected chi connectivity index (χ1v) is 11.8. The molecular weight excluding hydrogens is 534 g/mol. The molecule has 0 heterocycles. The van der Waals surface area contributed by atoms with E-state index < -0.39 is 11.8 Å². The van der Waals surface area contributed by atoms with Gasteiger partial charge in [0.2, 0.25) is 0 Å². The van der Waals surface area contributed by atoms with E-state index in [0.717, 1.165) is 5.56 Å². The van der Waals surface area contributed by atoms with Crippen molar-refractivity contribution in [2.75, 3.05) is 20.3 Å². The van der Waals surface area contributed by atoms with Crippen LogP contribution in [0.1, 0.15) is 26.3 Å². The van der Waals surface area contributed by atoms with Gasteiger partial charge in [0.25, 0.3) is 11.8 Å². The van der Waals surface area contributed by atoms with Gasteiger partial charge in [-0.25, -0.2) is 0 Å². The topological polar surface area (TPSA) is 97.9 Å². The van der Waals surface area contributed by atoms with Crippen molar-refractivity contribution in [2.24, 2.45) is 0 Å². The molecule has 0 saturated heterocycles. The molecule has 10 heteroatoms. The Morgan fingerprint density at radius 2 is 1.54 bits per heavy atom. The Morgan fingerprint density at radius 3 is 2.31 bits per heavy atom. The first kappa shape index (κ1) is 26.1. The summed E-state index contributed by atoms with van der Waals surface area (Å²) in [5.74, 6) is -0.190. The number of hydrogen-bond acceptors (Lipinski definition) is 6. The maximum atomic E-state index is 12.7. The fraction of sp³-hybridized carbons (Fsp3) is 0.160. The Balaban J connectivity index is 1.57. The van der Waals surface area contributed by atoms with E-state index in [1.54, 1.807) is 49.6 Å². The molecule has 0 aromatic heterocycles. The second-order valence-electron chi connectivity index (χ2n) is 7.11. The van der Waals surface area contributed by atoms with Crippen molar-refractivity contribution < 1.29 is 23.8 Å². The van der Waals surface area contributed by atoms with Crippen LogP contribution in [0.2, 0.25) is 0 Å². The van der Waals surface area contributed by atoms with E-state index in [0.29, 0.717) is 34.7 Å². The Hall–Kier alpha value is -3.47. The summed E-state index contributed by atoms with van der Waals surface area (Å²) in [6.45, 7) is 0.969. The van der Waals surface area contributed by atoms with Gasteiger partial charge in [0.15, 0.2) is 5.11 Å². The summed E-state index contributed by atoms with van der Waals surface area (Å²) in [6.07, 6.45) is 0. The number of ether oxygens (including phenoxy) is 3. The van der Waals surface area contributed by atoms with E-state index in [2.05, 4.69) is 32.1 Å². The lowest BCUT2D eigenvalue weighted by molar-refractivity contribution is 0.0929. The Bertz CT molecular complexity index is 1180. The maximum absolute atomic E-state index is 12.7. The summed E-state index contributed by atoms with van der Waals surface area (Å²) in [5.41, 5.74) is 6.58. The molecule has 0 fully saturated rings. The van der Waals surface area contributed by atoms with E-state index in [1.165, 1.54) is 0 Å². The normalized spacial score (nSPS) is 10.2. The largest absolute Gasteiger partial charge is 0.490 e. The van der Waals surface area contributed by atoms with Gasteiger partial charge in [0, 0.05) is 11.6 Å². The average molecular weight is 558 g/mol. The number of methoxy groups -OCH3 is 1. The molecule has 3 aromatic carbocycles. The molecule has 0 aliphatic heterocycles. The summed E-state index contributed by atoms with van der Waals surface area (Å²) < 4.78 is 17.1. The predicted octanol–water partition coefficient (Wildman–Crippen LogP) is 4.00. The highest BCUT2D eigenvalue weighted by Gasteiger charge is 2.16. The first-order chi connectivity index (χ1) is 17.0. The molecule has 0 aliphatic rings. The molecule has 0 unspecified atom stereocenters. The standard InChI is InChI=1S/C25H24BrN3O5S/c1-32-13-14-33-22-12-11-18(26)15-20(22)23(30)27-25(35)29-28-24(31)19-9-5-6-10-21(19)34-16-17-7-3-2-4-8-17/h2-12,15H,13-14,16H2,1H3,(H,28,31)(H2,27,29,30,35). The van der Waals surface area contributed by atoms with E-state index in [4.69, 9.17) is 26.4 Å². The van der Waals surface area contributed by atoms with Crippen LogP contribution in [-0.2, 0) is 11.3 Å². The van der Waals surface area contributed by atoms with Gasteiger partial charge < -0.3 is 14.2 Å². The summed E-state index contributed by atoms with van der Waals surface area (Å²) in [6, 6.07) is 21.5. The van der Waals surface area contributed by atoms with Crippen LogP contribution in [-0.4, -0.2) is 37.3 Å².